The Labute approximate surface area is 113 Å². The van der Waals surface area contributed by atoms with Gasteiger partial charge in [-0.25, -0.2) is 9.67 Å². The minimum atomic E-state index is -4.50. The zero-order valence-electron chi connectivity index (χ0n) is 10.9. The van der Waals surface area contributed by atoms with E-state index in [1.807, 2.05) is 6.92 Å². The van der Waals surface area contributed by atoms with Crippen LogP contribution in [0, 0.1) is 5.92 Å². The van der Waals surface area contributed by atoms with Gasteiger partial charge >= 0.3 is 6.18 Å². The van der Waals surface area contributed by atoms with Crippen LogP contribution in [0.3, 0.4) is 0 Å². The van der Waals surface area contributed by atoms with Gasteiger partial charge in [0.25, 0.3) is 0 Å². The first kappa shape index (κ1) is 14.8. The molecule has 112 valence electrons. The molecule has 0 aromatic carbocycles. The number of hydrogen-bond donors (Lipinski definition) is 2. The number of nitrogens with zero attached hydrogens (tertiary/aromatic N) is 3. The van der Waals surface area contributed by atoms with Crippen molar-refractivity contribution in [2.24, 2.45) is 5.92 Å². The van der Waals surface area contributed by atoms with E-state index in [-0.39, 0.29) is 17.9 Å². The summed E-state index contributed by atoms with van der Waals surface area (Å²) in [5, 5.41) is 8.94. The van der Waals surface area contributed by atoms with E-state index in [9.17, 15) is 18.0 Å². The predicted octanol–water partition coefficient (Wildman–Crippen LogP) is 0.496. The molecule has 2 rings (SSSR count). The number of carbonyl (C=O) groups excluding carboxylic acids is 1. The molecule has 6 nitrogen and oxygen atoms in total. The molecule has 1 aliphatic rings. The lowest BCUT2D eigenvalue weighted by Gasteiger charge is -2.22. The Morgan fingerprint density at radius 2 is 2.35 bits per heavy atom. The summed E-state index contributed by atoms with van der Waals surface area (Å²) in [6.07, 6.45) is -1.85. The van der Waals surface area contributed by atoms with Gasteiger partial charge in [-0.1, -0.05) is 0 Å². The van der Waals surface area contributed by atoms with Crippen molar-refractivity contribution >= 4 is 5.91 Å². The molecule has 1 fully saturated rings. The van der Waals surface area contributed by atoms with Crippen LogP contribution in [0.1, 0.15) is 19.4 Å². The molecule has 1 amide bonds. The van der Waals surface area contributed by atoms with Gasteiger partial charge in [0.15, 0.2) is 6.04 Å². The number of carbonyl (C=O) groups is 1. The molecule has 1 aromatic rings. The summed E-state index contributed by atoms with van der Waals surface area (Å²) in [4.78, 5) is 15.4. The molecule has 0 radical (unpaired) electrons. The second-order valence-electron chi connectivity index (χ2n) is 4.82. The average molecular weight is 291 g/mol. The van der Waals surface area contributed by atoms with E-state index < -0.39 is 18.8 Å². The molecule has 20 heavy (non-hydrogen) atoms. The monoisotopic (exact) mass is 291 g/mol. The van der Waals surface area contributed by atoms with Crippen molar-refractivity contribution in [1.82, 2.24) is 25.4 Å². The lowest BCUT2D eigenvalue weighted by atomic mass is 10.0. The van der Waals surface area contributed by atoms with Crippen LogP contribution >= 0.6 is 0 Å². The van der Waals surface area contributed by atoms with Crippen molar-refractivity contribution in [3.05, 3.63) is 12.7 Å². The van der Waals surface area contributed by atoms with E-state index in [0.29, 0.717) is 17.6 Å². The molecule has 2 N–H and O–H groups in total. The first-order chi connectivity index (χ1) is 9.39. The highest BCUT2D eigenvalue weighted by molar-refractivity contribution is 5.79. The van der Waals surface area contributed by atoms with Crippen LogP contribution in [0.2, 0.25) is 0 Å². The summed E-state index contributed by atoms with van der Waals surface area (Å²) in [6.45, 7) is 2.00. The van der Waals surface area contributed by atoms with E-state index >= 15 is 0 Å². The highest BCUT2D eigenvalue weighted by Gasteiger charge is 2.42. The van der Waals surface area contributed by atoms with Crippen LogP contribution < -0.4 is 10.6 Å². The van der Waals surface area contributed by atoms with Gasteiger partial charge in [0, 0.05) is 12.6 Å². The molecule has 3 unspecified atom stereocenters. The van der Waals surface area contributed by atoms with Crippen molar-refractivity contribution in [2.45, 2.75) is 31.6 Å². The molecule has 1 aromatic heterocycles. The normalized spacial score (nSPS) is 24.6. The third-order valence-electron chi connectivity index (χ3n) is 3.47. The number of rotatable bonds is 4. The maximum Gasteiger partial charge on any atom is 0.412 e. The largest absolute Gasteiger partial charge is 0.412 e. The van der Waals surface area contributed by atoms with Gasteiger partial charge in [-0.15, -0.1) is 0 Å². The Kier molecular flexibility index (Phi) is 4.26. The molecule has 3 atom stereocenters. The fourth-order valence-electron chi connectivity index (χ4n) is 2.28. The Hall–Kier alpha value is -1.64. The lowest BCUT2D eigenvalue weighted by Crippen LogP contribution is -2.42. The fourth-order valence-corrected chi connectivity index (χ4v) is 2.28. The van der Waals surface area contributed by atoms with E-state index in [0.717, 1.165) is 12.7 Å². The number of alkyl halides is 3. The molecule has 1 aliphatic heterocycles. The summed E-state index contributed by atoms with van der Waals surface area (Å²) in [6, 6.07) is -1.93. The van der Waals surface area contributed by atoms with Crippen LogP contribution in [0.25, 0.3) is 0 Å². The summed E-state index contributed by atoms with van der Waals surface area (Å²) in [7, 11) is 0. The van der Waals surface area contributed by atoms with Crippen LogP contribution in [-0.4, -0.2) is 46.0 Å². The minimum Gasteiger partial charge on any atom is -0.353 e. The van der Waals surface area contributed by atoms with Gasteiger partial charge < -0.3 is 10.6 Å². The van der Waals surface area contributed by atoms with Gasteiger partial charge in [-0.05, 0) is 19.9 Å². The number of halogens is 3. The van der Waals surface area contributed by atoms with E-state index in [2.05, 4.69) is 20.7 Å². The molecular formula is C11H16F3N5O. The number of hydrogen-bond acceptors (Lipinski definition) is 4. The lowest BCUT2D eigenvalue weighted by molar-refractivity contribution is -0.169. The molecule has 0 spiro atoms. The number of amides is 1. The minimum absolute atomic E-state index is 0.0225. The van der Waals surface area contributed by atoms with Crippen LogP contribution in [0.4, 0.5) is 13.2 Å². The topological polar surface area (TPSA) is 71.8 Å². The zero-order valence-corrected chi connectivity index (χ0v) is 10.9. The van der Waals surface area contributed by atoms with Crippen LogP contribution in [0.15, 0.2) is 12.7 Å². The van der Waals surface area contributed by atoms with E-state index in [4.69, 9.17) is 0 Å². The highest BCUT2D eigenvalue weighted by Crippen LogP contribution is 2.29. The standard InChI is InChI=1S/C11H16F3N5O/c1-7-8(2-3-16-7)10(20)17-4-9(11(12,13)14)19-6-15-5-18-19/h5-9,16H,2-4H2,1H3,(H,17,20). The molecule has 0 bridgehead atoms. The third-order valence-corrected chi connectivity index (χ3v) is 3.47. The van der Waals surface area contributed by atoms with E-state index in [1.165, 1.54) is 0 Å². The molecule has 0 aliphatic carbocycles. The molecule has 9 heteroatoms. The first-order valence-electron chi connectivity index (χ1n) is 6.31. The first-order valence-corrected chi connectivity index (χ1v) is 6.31. The Bertz CT molecular complexity index is 447. The van der Waals surface area contributed by atoms with Gasteiger partial charge in [-0.3, -0.25) is 4.79 Å². The van der Waals surface area contributed by atoms with Gasteiger partial charge in [-0.2, -0.15) is 18.3 Å². The second-order valence-corrected chi connectivity index (χ2v) is 4.82. The van der Waals surface area contributed by atoms with Crippen molar-refractivity contribution in [2.75, 3.05) is 13.1 Å². The average Bonchev–Trinajstić information content (AvgIpc) is 2.98. The van der Waals surface area contributed by atoms with Crippen LogP contribution in [0.5, 0.6) is 0 Å². The molecule has 2 heterocycles. The SMILES string of the molecule is CC1NCCC1C(=O)NCC(n1cncn1)C(F)(F)F. The summed E-state index contributed by atoms with van der Waals surface area (Å²) in [5.41, 5.74) is 0. The fraction of sp³-hybridized carbons (Fsp3) is 0.727. The number of nitrogens with one attached hydrogen (secondary N) is 2. The highest BCUT2D eigenvalue weighted by atomic mass is 19.4. The summed E-state index contributed by atoms with van der Waals surface area (Å²) in [5.74, 6) is -0.656. The van der Waals surface area contributed by atoms with Crippen molar-refractivity contribution in [1.29, 1.82) is 0 Å². The molecule has 0 saturated carbocycles. The predicted molar refractivity (Wildman–Crippen MR) is 63.7 cm³/mol. The van der Waals surface area contributed by atoms with Gasteiger partial charge in [0.1, 0.15) is 12.7 Å². The smallest absolute Gasteiger partial charge is 0.353 e. The van der Waals surface area contributed by atoms with Crippen molar-refractivity contribution < 1.29 is 18.0 Å². The number of aromatic nitrogens is 3. The molecular weight excluding hydrogens is 275 g/mol. The Morgan fingerprint density at radius 3 is 2.85 bits per heavy atom. The second kappa shape index (κ2) is 5.78. The molecule has 1 saturated heterocycles. The van der Waals surface area contributed by atoms with Crippen molar-refractivity contribution in [3.8, 4) is 0 Å². The van der Waals surface area contributed by atoms with Gasteiger partial charge in [0.05, 0.1) is 5.92 Å². The maximum absolute atomic E-state index is 12.9. The quantitative estimate of drug-likeness (QED) is 0.847. The van der Waals surface area contributed by atoms with Crippen LogP contribution in [-0.2, 0) is 4.79 Å². The maximum atomic E-state index is 12.9. The zero-order chi connectivity index (χ0) is 14.8. The summed E-state index contributed by atoms with van der Waals surface area (Å²) >= 11 is 0. The summed E-state index contributed by atoms with van der Waals surface area (Å²) < 4.78 is 39.5. The third kappa shape index (κ3) is 3.27. The van der Waals surface area contributed by atoms with Gasteiger partial charge in [0.2, 0.25) is 5.91 Å². The van der Waals surface area contributed by atoms with Crippen molar-refractivity contribution in [3.63, 3.8) is 0 Å². The van der Waals surface area contributed by atoms with E-state index in [1.54, 1.807) is 0 Å². The Balaban J connectivity index is 1.97. The Morgan fingerprint density at radius 1 is 1.60 bits per heavy atom.